The number of alkyl halides is 3. The highest BCUT2D eigenvalue weighted by atomic mass is 19.4. The second-order valence-electron chi connectivity index (χ2n) is 8.42. The standard InChI is InChI=1S/C24H23F3N2O6/c25-24(26,27)13-29(9-21(30)31)22(32)19-10-34-12-20(19)28-23(33)35-11-18-16-7-3-1-5-14(16)15-6-2-4-8-17(15)18/h1-8,18-20H,9-13H2,(H,28,33)(H,30,31). The summed E-state index contributed by atoms with van der Waals surface area (Å²) in [6, 6.07) is 14.6. The van der Waals surface area contributed by atoms with Gasteiger partial charge in [0.2, 0.25) is 5.91 Å². The molecule has 2 unspecified atom stereocenters. The van der Waals surface area contributed by atoms with Crippen LogP contribution in [0.15, 0.2) is 48.5 Å². The number of alkyl carbamates (subject to hydrolysis) is 1. The van der Waals surface area contributed by atoms with Crippen LogP contribution < -0.4 is 5.32 Å². The molecule has 0 radical (unpaired) electrons. The van der Waals surface area contributed by atoms with Gasteiger partial charge in [-0.1, -0.05) is 48.5 Å². The number of hydrogen-bond acceptors (Lipinski definition) is 5. The molecule has 2 aliphatic rings. The summed E-state index contributed by atoms with van der Waals surface area (Å²) in [5.41, 5.74) is 4.12. The van der Waals surface area contributed by atoms with Crippen LogP contribution in [0.2, 0.25) is 0 Å². The molecular weight excluding hydrogens is 469 g/mol. The van der Waals surface area contributed by atoms with E-state index in [0.717, 1.165) is 22.3 Å². The zero-order valence-electron chi connectivity index (χ0n) is 18.5. The Kier molecular flexibility index (Phi) is 6.97. The first-order valence-corrected chi connectivity index (χ1v) is 10.9. The van der Waals surface area contributed by atoms with Crippen molar-refractivity contribution in [2.45, 2.75) is 18.1 Å². The van der Waals surface area contributed by atoms with Crippen LogP contribution in [-0.2, 0) is 19.1 Å². The van der Waals surface area contributed by atoms with Gasteiger partial charge in [-0.05, 0) is 22.3 Å². The number of ether oxygens (including phenoxy) is 2. The Labute approximate surface area is 198 Å². The van der Waals surface area contributed by atoms with E-state index in [-0.39, 0.29) is 30.6 Å². The highest BCUT2D eigenvalue weighted by molar-refractivity contribution is 5.84. The molecule has 0 aromatic heterocycles. The maximum atomic E-state index is 12.9. The van der Waals surface area contributed by atoms with Gasteiger partial charge in [-0.25, -0.2) is 4.79 Å². The zero-order valence-corrected chi connectivity index (χ0v) is 18.5. The van der Waals surface area contributed by atoms with Crippen LogP contribution in [0.5, 0.6) is 0 Å². The second kappa shape index (κ2) is 9.95. The van der Waals surface area contributed by atoms with Crippen molar-refractivity contribution < 1.29 is 42.1 Å². The molecule has 2 atom stereocenters. The lowest BCUT2D eigenvalue weighted by Crippen LogP contribution is -2.51. The number of nitrogens with one attached hydrogen (secondary N) is 1. The Morgan fingerprint density at radius 3 is 2.20 bits per heavy atom. The van der Waals surface area contributed by atoms with E-state index in [4.69, 9.17) is 14.6 Å². The molecule has 35 heavy (non-hydrogen) atoms. The summed E-state index contributed by atoms with van der Waals surface area (Å²) >= 11 is 0. The molecule has 0 saturated carbocycles. The zero-order chi connectivity index (χ0) is 25.2. The highest BCUT2D eigenvalue weighted by Gasteiger charge is 2.42. The van der Waals surface area contributed by atoms with Crippen LogP contribution >= 0.6 is 0 Å². The van der Waals surface area contributed by atoms with E-state index in [0.29, 0.717) is 0 Å². The fourth-order valence-electron chi connectivity index (χ4n) is 4.56. The van der Waals surface area contributed by atoms with Crippen molar-refractivity contribution in [2.24, 2.45) is 5.92 Å². The van der Waals surface area contributed by atoms with Gasteiger partial charge in [0.1, 0.15) is 19.7 Å². The number of aliphatic carboxylic acids is 1. The van der Waals surface area contributed by atoms with Crippen LogP contribution in [0.3, 0.4) is 0 Å². The Bertz CT molecular complexity index is 1080. The number of benzene rings is 2. The van der Waals surface area contributed by atoms with Gasteiger partial charge in [0, 0.05) is 5.92 Å². The predicted octanol–water partition coefficient (Wildman–Crippen LogP) is 3.02. The predicted molar refractivity (Wildman–Crippen MR) is 117 cm³/mol. The summed E-state index contributed by atoms with van der Waals surface area (Å²) in [7, 11) is 0. The number of hydrogen-bond donors (Lipinski definition) is 2. The van der Waals surface area contributed by atoms with Gasteiger partial charge in [-0.2, -0.15) is 13.2 Å². The topological polar surface area (TPSA) is 105 Å². The fourth-order valence-corrected chi connectivity index (χ4v) is 4.56. The van der Waals surface area contributed by atoms with Gasteiger partial charge in [0.05, 0.1) is 25.2 Å². The largest absolute Gasteiger partial charge is 0.480 e. The van der Waals surface area contributed by atoms with Gasteiger partial charge in [0.25, 0.3) is 0 Å². The van der Waals surface area contributed by atoms with Crippen LogP contribution in [0, 0.1) is 5.92 Å². The monoisotopic (exact) mass is 492 g/mol. The average molecular weight is 492 g/mol. The number of carbonyl (C=O) groups is 3. The molecule has 8 nitrogen and oxygen atoms in total. The highest BCUT2D eigenvalue weighted by Crippen LogP contribution is 2.44. The molecule has 186 valence electrons. The lowest BCUT2D eigenvalue weighted by molar-refractivity contribution is -0.168. The minimum atomic E-state index is -4.78. The van der Waals surface area contributed by atoms with Crippen molar-refractivity contribution in [3.8, 4) is 11.1 Å². The first-order chi connectivity index (χ1) is 16.6. The summed E-state index contributed by atoms with van der Waals surface area (Å²) < 4.78 is 49.2. The molecule has 4 rings (SSSR count). The second-order valence-corrected chi connectivity index (χ2v) is 8.42. The first-order valence-electron chi connectivity index (χ1n) is 10.9. The number of carbonyl (C=O) groups excluding carboxylic acids is 2. The first kappa shape index (κ1) is 24.5. The third-order valence-electron chi connectivity index (χ3n) is 6.05. The van der Waals surface area contributed by atoms with Crippen LogP contribution in [0.4, 0.5) is 18.0 Å². The van der Waals surface area contributed by atoms with Gasteiger partial charge in [-0.15, -0.1) is 0 Å². The number of carboxylic acids is 1. The minimum Gasteiger partial charge on any atom is -0.480 e. The van der Waals surface area contributed by atoms with Crippen molar-refractivity contribution in [1.29, 1.82) is 0 Å². The molecule has 11 heteroatoms. The van der Waals surface area contributed by atoms with Crippen molar-refractivity contribution in [3.63, 3.8) is 0 Å². The normalized spacial score (nSPS) is 19.1. The number of fused-ring (bicyclic) bond motifs is 3. The third kappa shape index (κ3) is 5.56. The molecule has 1 saturated heterocycles. The Morgan fingerprint density at radius 1 is 1.03 bits per heavy atom. The summed E-state index contributed by atoms with van der Waals surface area (Å²) in [6.07, 6.45) is -5.62. The SMILES string of the molecule is O=C(O)CN(CC(F)(F)F)C(=O)C1COCC1NC(=O)OCC1c2ccccc2-c2ccccc21. The molecule has 1 aliphatic carbocycles. The van der Waals surface area contributed by atoms with Crippen LogP contribution in [0.1, 0.15) is 17.0 Å². The van der Waals surface area contributed by atoms with E-state index >= 15 is 0 Å². The number of halogens is 3. The van der Waals surface area contributed by atoms with Crippen molar-refractivity contribution in [2.75, 3.05) is 32.9 Å². The van der Waals surface area contributed by atoms with E-state index in [1.807, 2.05) is 48.5 Å². The van der Waals surface area contributed by atoms with Gasteiger partial charge in [-0.3, -0.25) is 9.59 Å². The maximum absolute atomic E-state index is 12.9. The quantitative estimate of drug-likeness (QED) is 0.616. The lowest BCUT2D eigenvalue weighted by atomic mass is 9.98. The molecule has 2 amide bonds. The molecule has 0 bridgehead atoms. The summed E-state index contributed by atoms with van der Waals surface area (Å²) in [5, 5.41) is 11.4. The molecule has 1 fully saturated rings. The molecule has 2 aromatic rings. The maximum Gasteiger partial charge on any atom is 0.407 e. The van der Waals surface area contributed by atoms with Crippen molar-refractivity contribution >= 4 is 18.0 Å². The van der Waals surface area contributed by atoms with E-state index in [9.17, 15) is 27.6 Å². The van der Waals surface area contributed by atoms with Crippen molar-refractivity contribution in [3.05, 3.63) is 59.7 Å². The smallest absolute Gasteiger partial charge is 0.407 e. The molecule has 2 aromatic carbocycles. The molecular formula is C24H23F3N2O6. The Hall–Kier alpha value is -3.60. The summed E-state index contributed by atoms with van der Waals surface area (Å²) in [5.74, 6) is -4.01. The van der Waals surface area contributed by atoms with E-state index in [1.54, 1.807) is 0 Å². The van der Waals surface area contributed by atoms with Crippen LogP contribution in [0.25, 0.3) is 11.1 Å². The summed E-state index contributed by atoms with van der Waals surface area (Å²) in [4.78, 5) is 36.4. The number of carboxylic acid groups (broad SMARTS) is 1. The Balaban J connectivity index is 1.40. The van der Waals surface area contributed by atoms with Gasteiger partial charge >= 0.3 is 18.2 Å². The van der Waals surface area contributed by atoms with Crippen molar-refractivity contribution in [1.82, 2.24) is 10.2 Å². The fraction of sp³-hybridized carbons (Fsp3) is 0.375. The van der Waals surface area contributed by atoms with Crippen LogP contribution in [-0.4, -0.2) is 73.1 Å². The minimum absolute atomic E-state index is 0.0191. The third-order valence-corrected chi connectivity index (χ3v) is 6.05. The molecule has 1 aliphatic heterocycles. The Morgan fingerprint density at radius 2 is 1.63 bits per heavy atom. The number of rotatable bonds is 7. The molecule has 1 heterocycles. The van der Waals surface area contributed by atoms with E-state index in [1.165, 1.54) is 0 Å². The molecule has 2 N–H and O–H groups in total. The van der Waals surface area contributed by atoms with E-state index in [2.05, 4.69) is 5.32 Å². The molecule has 0 spiro atoms. The lowest BCUT2D eigenvalue weighted by Gasteiger charge is -2.27. The van der Waals surface area contributed by atoms with E-state index < -0.39 is 49.2 Å². The number of nitrogens with zero attached hydrogens (tertiary/aromatic N) is 1. The van der Waals surface area contributed by atoms with Gasteiger partial charge in [0.15, 0.2) is 0 Å². The number of amides is 2. The average Bonchev–Trinajstić information content (AvgIpc) is 3.38. The van der Waals surface area contributed by atoms with Gasteiger partial charge < -0.3 is 24.8 Å². The summed E-state index contributed by atoms with van der Waals surface area (Å²) in [6.45, 7) is -3.18.